The number of carboxylic acid groups (broad SMARTS) is 1. The molecule has 0 aromatic heterocycles. The molecule has 1 amide bonds. The van der Waals surface area contributed by atoms with E-state index in [1.54, 1.807) is 0 Å². The Morgan fingerprint density at radius 1 is 1.29 bits per heavy atom. The summed E-state index contributed by atoms with van der Waals surface area (Å²) in [6.45, 7) is -0.321. The number of nitrogens with zero attached hydrogens (tertiary/aromatic N) is 1. The van der Waals surface area contributed by atoms with Crippen molar-refractivity contribution in [2.75, 3.05) is 6.54 Å². The predicted molar refractivity (Wildman–Crippen MR) is 69.6 cm³/mol. The predicted octanol–water partition coefficient (Wildman–Crippen LogP) is 2.14. The van der Waals surface area contributed by atoms with Crippen LogP contribution in [-0.4, -0.2) is 34.5 Å². The summed E-state index contributed by atoms with van der Waals surface area (Å²) in [4.78, 5) is 24.6. The Balaban J connectivity index is 1.72. The molecular weight excluding hydrogens is 280 g/mol. The Hall–Kier alpha value is -1.98. The summed E-state index contributed by atoms with van der Waals surface area (Å²) in [6, 6.07) is 3.21. The topological polar surface area (TPSA) is 57.6 Å². The molecule has 3 rings (SSSR count). The van der Waals surface area contributed by atoms with Crippen molar-refractivity contribution in [2.45, 2.75) is 31.2 Å². The van der Waals surface area contributed by atoms with Gasteiger partial charge in [-0.25, -0.2) is 8.78 Å². The van der Waals surface area contributed by atoms with Gasteiger partial charge < -0.3 is 10.0 Å². The molecule has 1 N–H and O–H groups in total. The standard InChI is InChI=1S/C15H15F2NO3/c16-8-1-4-13(17)11(5-8)10-6-12(10)15(21)18(7-14(19)20)9-2-3-9/h1,4-5,9-10,12H,2-3,6-7H2,(H,19,20)/t10-,12+/m1/s1. The lowest BCUT2D eigenvalue weighted by Gasteiger charge is -2.20. The van der Waals surface area contributed by atoms with Gasteiger partial charge in [-0.2, -0.15) is 0 Å². The van der Waals surface area contributed by atoms with Gasteiger partial charge in [0.05, 0.1) is 0 Å². The number of amides is 1. The molecule has 21 heavy (non-hydrogen) atoms. The highest BCUT2D eigenvalue weighted by Crippen LogP contribution is 2.50. The first kappa shape index (κ1) is 14.0. The highest BCUT2D eigenvalue weighted by molar-refractivity contribution is 5.86. The van der Waals surface area contributed by atoms with Gasteiger partial charge in [0.15, 0.2) is 0 Å². The fourth-order valence-corrected chi connectivity index (χ4v) is 2.74. The molecular formula is C15H15F2NO3. The van der Waals surface area contributed by atoms with Crippen LogP contribution in [-0.2, 0) is 9.59 Å². The Kier molecular flexibility index (Phi) is 3.39. The molecule has 0 radical (unpaired) electrons. The molecule has 0 unspecified atom stereocenters. The molecule has 112 valence electrons. The van der Waals surface area contributed by atoms with Gasteiger partial charge in [-0.15, -0.1) is 0 Å². The Morgan fingerprint density at radius 3 is 2.62 bits per heavy atom. The van der Waals surface area contributed by atoms with Gasteiger partial charge in [-0.1, -0.05) is 0 Å². The molecule has 0 spiro atoms. The maximum atomic E-state index is 13.7. The van der Waals surface area contributed by atoms with Crippen molar-refractivity contribution in [1.29, 1.82) is 0 Å². The Labute approximate surface area is 120 Å². The lowest BCUT2D eigenvalue weighted by Crippen LogP contribution is -2.38. The number of rotatable bonds is 5. The van der Waals surface area contributed by atoms with Crippen molar-refractivity contribution in [1.82, 2.24) is 4.90 Å². The summed E-state index contributed by atoms with van der Waals surface area (Å²) in [5, 5.41) is 8.87. The van der Waals surface area contributed by atoms with E-state index in [4.69, 9.17) is 5.11 Å². The van der Waals surface area contributed by atoms with Crippen LogP contribution in [0.25, 0.3) is 0 Å². The highest BCUT2D eigenvalue weighted by Gasteiger charge is 2.49. The second-order valence-electron chi connectivity index (χ2n) is 5.71. The van der Waals surface area contributed by atoms with Crippen molar-refractivity contribution >= 4 is 11.9 Å². The van der Waals surface area contributed by atoms with Gasteiger partial charge in [-0.05, 0) is 48.9 Å². The van der Waals surface area contributed by atoms with Crippen molar-refractivity contribution < 1.29 is 23.5 Å². The van der Waals surface area contributed by atoms with E-state index < -0.39 is 23.5 Å². The molecule has 2 atom stereocenters. The van der Waals surface area contributed by atoms with Crippen LogP contribution >= 0.6 is 0 Å². The van der Waals surface area contributed by atoms with Crippen LogP contribution in [0.1, 0.15) is 30.7 Å². The lowest BCUT2D eigenvalue weighted by molar-refractivity contribution is -0.145. The number of hydrogen-bond donors (Lipinski definition) is 1. The van der Waals surface area contributed by atoms with Crippen LogP contribution < -0.4 is 0 Å². The van der Waals surface area contributed by atoms with Crippen molar-refractivity contribution in [3.05, 3.63) is 35.4 Å². The number of carboxylic acids is 1. The minimum Gasteiger partial charge on any atom is -0.480 e. The molecule has 2 fully saturated rings. The SMILES string of the molecule is O=C(O)CN(C(=O)[C@H]1C[C@@H]1c1cc(F)ccc1F)C1CC1. The summed E-state index contributed by atoms with van der Waals surface area (Å²) in [5.74, 6) is -3.13. The summed E-state index contributed by atoms with van der Waals surface area (Å²) in [5.41, 5.74) is 0.208. The third kappa shape index (κ3) is 2.89. The summed E-state index contributed by atoms with van der Waals surface area (Å²) >= 11 is 0. The van der Waals surface area contributed by atoms with Crippen molar-refractivity contribution in [3.8, 4) is 0 Å². The molecule has 2 saturated carbocycles. The number of benzene rings is 1. The third-order valence-electron chi connectivity index (χ3n) is 4.04. The molecule has 0 saturated heterocycles. The van der Waals surface area contributed by atoms with E-state index in [0.29, 0.717) is 6.42 Å². The monoisotopic (exact) mass is 295 g/mol. The van der Waals surface area contributed by atoms with Gasteiger partial charge in [-0.3, -0.25) is 9.59 Å². The van der Waals surface area contributed by atoms with E-state index in [1.165, 1.54) is 4.90 Å². The number of aliphatic carboxylic acids is 1. The summed E-state index contributed by atoms with van der Waals surface area (Å²) in [7, 11) is 0. The average Bonchev–Trinajstić information content (AvgIpc) is 3.30. The number of carbonyl (C=O) groups is 2. The second kappa shape index (κ2) is 5.09. The number of hydrogen-bond acceptors (Lipinski definition) is 2. The van der Waals surface area contributed by atoms with Crippen molar-refractivity contribution in [3.63, 3.8) is 0 Å². The first-order valence-electron chi connectivity index (χ1n) is 6.94. The fraction of sp³-hybridized carbons (Fsp3) is 0.467. The van der Waals surface area contributed by atoms with Crippen LogP contribution in [0.2, 0.25) is 0 Å². The van der Waals surface area contributed by atoms with Gasteiger partial charge in [0.1, 0.15) is 18.2 Å². The summed E-state index contributed by atoms with van der Waals surface area (Å²) in [6.07, 6.45) is 2.07. The third-order valence-corrected chi connectivity index (χ3v) is 4.04. The molecule has 0 bridgehead atoms. The molecule has 0 aliphatic heterocycles. The van der Waals surface area contributed by atoms with Gasteiger partial charge in [0, 0.05) is 12.0 Å². The zero-order chi connectivity index (χ0) is 15.1. The van der Waals surface area contributed by atoms with Gasteiger partial charge in [0.25, 0.3) is 0 Å². The average molecular weight is 295 g/mol. The minimum absolute atomic E-state index is 0.00722. The zero-order valence-corrected chi connectivity index (χ0v) is 11.3. The largest absolute Gasteiger partial charge is 0.480 e. The van der Waals surface area contributed by atoms with E-state index in [2.05, 4.69) is 0 Å². The smallest absolute Gasteiger partial charge is 0.323 e. The first-order valence-corrected chi connectivity index (χ1v) is 6.94. The maximum absolute atomic E-state index is 13.7. The maximum Gasteiger partial charge on any atom is 0.323 e. The normalized spacial score (nSPS) is 23.7. The Morgan fingerprint density at radius 2 is 2.00 bits per heavy atom. The van der Waals surface area contributed by atoms with Gasteiger partial charge in [0.2, 0.25) is 5.91 Å². The van der Waals surface area contributed by atoms with Crippen LogP contribution in [0.3, 0.4) is 0 Å². The molecule has 1 aromatic rings. The second-order valence-corrected chi connectivity index (χ2v) is 5.71. The van der Waals surface area contributed by atoms with Crippen LogP contribution in [0.15, 0.2) is 18.2 Å². The molecule has 4 nitrogen and oxygen atoms in total. The van der Waals surface area contributed by atoms with E-state index in [-0.39, 0.29) is 30.0 Å². The van der Waals surface area contributed by atoms with E-state index in [0.717, 1.165) is 31.0 Å². The van der Waals surface area contributed by atoms with Crippen LogP contribution in [0.4, 0.5) is 8.78 Å². The van der Waals surface area contributed by atoms with Crippen LogP contribution in [0, 0.1) is 17.6 Å². The van der Waals surface area contributed by atoms with Crippen LogP contribution in [0.5, 0.6) is 0 Å². The van der Waals surface area contributed by atoms with E-state index >= 15 is 0 Å². The lowest BCUT2D eigenvalue weighted by atomic mass is 10.1. The zero-order valence-electron chi connectivity index (χ0n) is 11.3. The first-order chi connectivity index (χ1) is 9.97. The quantitative estimate of drug-likeness (QED) is 0.905. The number of halogens is 2. The van der Waals surface area contributed by atoms with Gasteiger partial charge >= 0.3 is 5.97 Å². The van der Waals surface area contributed by atoms with Crippen molar-refractivity contribution in [2.24, 2.45) is 5.92 Å². The molecule has 6 heteroatoms. The molecule has 0 heterocycles. The van der Waals surface area contributed by atoms with E-state index in [1.807, 2.05) is 0 Å². The fourth-order valence-electron chi connectivity index (χ4n) is 2.74. The Bertz CT molecular complexity index is 601. The summed E-state index contributed by atoms with van der Waals surface area (Å²) < 4.78 is 26.9. The molecule has 2 aliphatic carbocycles. The highest BCUT2D eigenvalue weighted by atomic mass is 19.1. The number of carbonyl (C=O) groups excluding carboxylic acids is 1. The molecule has 2 aliphatic rings. The minimum atomic E-state index is -1.05. The molecule has 1 aromatic carbocycles. The van der Waals surface area contributed by atoms with E-state index in [9.17, 15) is 18.4 Å².